The van der Waals surface area contributed by atoms with Crippen LogP contribution in [-0.2, 0) is 26.2 Å². The SMILES string of the molecule is Cc1cccc2c1N(C(=O)COc1ccccc1)CCCN(C(C)C)CCN(C(=O)CCNS(=O)(=O)c1c(C)noc1C)C2. The zero-order chi connectivity index (χ0) is 31.9. The van der Waals surface area contributed by atoms with E-state index in [9.17, 15) is 18.0 Å². The number of carbonyl (C=O) groups is 2. The minimum atomic E-state index is -3.89. The lowest BCUT2D eigenvalue weighted by Gasteiger charge is -2.30. The van der Waals surface area contributed by atoms with Gasteiger partial charge in [-0.25, -0.2) is 13.1 Å². The number of ether oxygens (including phenoxy) is 1. The second-order valence-corrected chi connectivity index (χ2v) is 13.0. The van der Waals surface area contributed by atoms with Crippen LogP contribution in [0.5, 0.6) is 5.75 Å². The molecule has 0 saturated carbocycles. The molecule has 0 bridgehead atoms. The number of nitrogens with one attached hydrogen (secondary N) is 1. The average molecular weight is 626 g/mol. The van der Waals surface area contributed by atoms with Crippen molar-refractivity contribution in [2.75, 3.05) is 44.2 Å². The standard InChI is InChI=1S/C32H43N5O6S/c1-23(2)35-17-10-18-37(30(39)22-42-28-13-7-6-8-14-28)31-24(3)11-9-12-27(31)21-36(20-19-35)29(38)15-16-33-44(40,41)32-25(4)34-43-26(32)5/h6-9,11-14,23,33H,10,15-22H2,1-5H3. The van der Waals surface area contributed by atoms with Crippen LogP contribution in [0.2, 0.25) is 0 Å². The van der Waals surface area contributed by atoms with E-state index in [1.54, 1.807) is 16.7 Å². The Bertz CT molecular complexity index is 1520. The average Bonchev–Trinajstić information content (AvgIpc) is 3.31. The van der Waals surface area contributed by atoms with Crippen LogP contribution in [0.4, 0.5) is 5.69 Å². The predicted molar refractivity (Wildman–Crippen MR) is 168 cm³/mol. The first-order chi connectivity index (χ1) is 21.0. The molecule has 1 aliphatic rings. The predicted octanol–water partition coefficient (Wildman–Crippen LogP) is 3.82. The number of aromatic nitrogens is 1. The number of benzene rings is 2. The van der Waals surface area contributed by atoms with Crippen molar-refractivity contribution in [2.45, 2.75) is 64.9 Å². The summed E-state index contributed by atoms with van der Waals surface area (Å²) in [5.74, 6) is 0.470. The van der Waals surface area contributed by atoms with Crippen LogP contribution in [0.15, 0.2) is 57.9 Å². The molecule has 0 unspecified atom stereocenters. The molecule has 44 heavy (non-hydrogen) atoms. The highest BCUT2D eigenvalue weighted by atomic mass is 32.2. The van der Waals surface area contributed by atoms with Crippen LogP contribution in [0.1, 0.15) is 49.3 Å². The van der Waals surface area contributed by atoms with Crippen molar-refractivity contribution in [1.29, 1.82) is 0 Å². The number of rotatable bonds is 9. The van der Waals surface area contributed by atoms with Gasteiger partial charge in [-0.2, -0.15) is 0 Å². The maximum absolute atomic E-state index is 13.7. The number of para-hydroxylation sites is 2. The molecule has 2 aromatic carbocycles. The van der Waals surface area contributed by atoms with E-state index in [4.69, 9.17) is 9.26 Å². The number of hydrogen-bond acceptors (Lipinski definition) is 8. The molecule has 0 aliphatic carbocycles. The van der Waals surface area contributed by atoms with E-state index in [1.807, 2.05) is 55.5 Å². The van der Waals surface area contributed by atoms with Gasteiger partial charge in [0, 0.05) is 51.7 Å². The van der Waals surface area contributed by atoms with Crippen molar-refractivity contribution >= 4 is 27.5 Å². The van der Waals surface area contributed by atoms with Crippen LogP contribution < -0.4 is 14.4 Å². The molecule has 2 amide bonds. The summed E-state index contributed by atoms with van der Waals surface area (Å²) < 4.78 is 39.1. The molecular weight excluding hydrogens is 582 g/mol. The highest BCUT2D eigenvalue weighted by molar-refractivity contribution is 7.89. The van der Waals surface area contributed by atoms with E-state index in [0.717, 1.165) is 29.8 Å². The van der Waals surface area contributed by atoms with Gasteiger partial charge in [0.05, 0.1) is 5.69 Å². The molecule has 12 heteroatoms. The summed E-state index contributed by atoms with van der Waals surface area (Å²) in [5.41, 5.74) is 2.82. The maximum atomic E-state index is 13.7. The van der Waals surface area contributed by atoms with Crippen molar-refractivity contribution in [3.8, 4) is 5.75 Å². The zero-order valence-corrected chi connectivity index (χ0v) is 27.0. The molecule has 1 aliphatic heterocycles. The van der Waals surface area contributed by atoms with Gasteiger partial charge in [0.2, 0.25) is 15.9 Å². The van der Waals surface area contributed by atoms with E-state index >= 15 is 0 Å². The first-order valence-electron chi connectivity index (χ1n) is 15.0. The van der Waals surface area contributed by atoms with Crippen molar-refractivity contribution < 1.29 is 27.3 Å². The van der Waals surface area contributed by atoms with Gasteiger partial charge < -0.3 is 19.1 Å². The molecule has 0 saturated heterocycles. The maximum Gasteiger partial charge on any atom is 0.264 e. The van der Waals surface area contributed by atoms with Gasteiger partial charge in [-0.3, -0.25) is 14.5 Å². The third-order valence-corrected chi connectivity index (χ3v) is 9.50. The quantitative estimate of drug-likeness (QED) is 0.381. The number of anilines is 1. The Morgan fingerprint density at radius 1 is 0.977 bits per heavy atom. The smallest absolute Gasteiger partial charge is 0.264 e. The van der Waals surface area contributed by atoms with Gasteiger partial charge in [-0.1, -0.05) is 41.6 Å². The minimum absolute atomic E-state index is 0.00169. The Hall–Kier alpha value is -3.74. The Kier molecular flexibility index (Phi) is 11.2. The highest BCUT2D eigenvalue weighted by Crippen LogP contribution is 2.28. The molecule has 238 valence electrons. The summed E-state index contributed by atoms with van der Waals surface area (Å²) in [5, 5.41) is 3.73. The lowest BCUT2D eigenvalue weighted by atomic mass is 10.0. The topological polar surface area (TPSA) is 125 Å². The monoisotopic (exact) mass is 625 g/mol. The van der Waals surface area contributed by atoms with Gasteiger partial charge in [-0.05, 0) is 64.3 Å². The summed E-state index contributed by atoms with van der Waals surface area (Å²) in [6.45, 7) is 11.8. The molecule has 0 atom stereocenters. The number of nitrogens with zero attached hydrogens (tertiary/aromatic N) is 4. The molecule has 1 aromatic heterocycles. The Labute approximate surface area is 260 Å². The van der Waals surface area contributed by atoms with Crippen molar-refractivity contribution in [3.05, 3.63) is 71.1 Å². The van der Waals surface area contributed by atoms with E-state index < -0.39 is 10.0 Å². The number of carbonyl (C=O) groups excluding carboxylic acids is 2. The minimum Gasteiger partial charge on any atom is -0.484 e. The van der Waals surface area contributed by atoms with Gasteiger partial charge in [0.25, 0.3) is 5.91 Å². The molecule has 3 aromatic rings. The van der Waals surface area contributed by atoms with Crippen LogP contribution in [-0.4, -0.2) is 80.6 Å². The normalized spacial score (nSPS) is 15.1. The lowest BCUT2D eigenvalue weighted by Crippen LogP contribution is -2.42. The number of hydrogen-bond donors (Lipinski definition) is 1. The van der Waals surface area contributed by atoms with Gasteiger partial charge in [0.15, 0.2) is 12.4 Å². The summed E-state index contributed by atoms with van der Waals surface area (Å²) in [6, 6.07) is 15.3. The lowest BCUT2D eigenvalue weighted by molar-refractivity contribution is -0.132. The zero-order valence-electron chi connectivity index (χ0n) is 26.2. The Morgan fingerprint density at radius 3 is 2.41 bits per heavy atom. The third kappa shape index (κ3) is 8.25. The van der Waals surface area contributed by atoms with E-state index in [-0.39, 0.29) is 60.3 Å². The van der Waals surface area contributed by atoms with E-state index in [1.165, 1.54) is 6.92 Å². The van der Waals surface area contributed by atoms with E-state index in [0.29, 0.717) is 25.4 Å². The molecule has 0 radical (unpaired) electrons. The summed E-state index contributed by atoms with van der Waals surface area (Å²) in [7, 11) is -3.89. The van der Waals surface area contributed by atoms with Crippen molar-refractivity contribution in [2.24, 2.45) is 0 Å². The molecule has 0 spiro atoms. The first kappa shape index (κ1) is 33.2. The van der Waals surface area contributed by atoms with E-state index in [2.05, 4.69) is 28.6 Å². The molecule has 1 N–H and O–H groups in total. The van der Waals surface area contributed by atoms with Crippen LogP contribution in [0.25, 0.3) is 0 Å². The van der Waals surface area contributed by atoms with Gasteiger partial charge in [0.1, 0.15) is 16.3 Å². The second kappa shape index (κ2) is 14.8. The highest BCUT2D eigenvalue weighted by Gasteiger charge is 2.27. The van der Waals surface area contributed by atoms with Crippen LogP contribution >= 0.6 is 0 Å². The number of sulfonamides is 1. The first-order valence-corrected chi connectivity index (χ1v) is 16.5. The third-order valence-electron chi connectivity index (χ3n) is 7.79. The fraction of sp³-hybridized carbons (Fsp3) is 0.469. The second-order valence-electron chi connectivity index (χ2n) is 11.3. The largest absolute Gasteiger partial charge is 0.484 e. The fourth-order valence-corrected chi connectivity index (χ4v) is 6.88. The van der Waals surface area contributed by atoms with Crippen molar-refractivity contribution in [1.82, 2.24) is 19.7 Å². The number of fused-ring (bicyclic) bond motifs is 1. The van der Waals surface area contributed by atoms with Crippen LogP contribution in [0, 0.1) is 20.8 Å². The van der Waals surface area contributed by atoms with Gasteiger partial charge in [-0.15, -0.1) is 0 Å². The van der Waals surface area contributed by atoms with Crippen molar-refractivity contribution in [3.63, 3.8) is 0 Å². The Balaban J connectivity index is 1.56. The molecular formula is C32H43N5O6S. The molecule has 2 heterocycles. The fourth-order valence-electron chi connectivity index (χ4n) is 5.52. The number of amides is 2. The number of aryl methyl sites for hydroxylation is 3. The Morgan fingerprint density at radius 2 is 1.73 bits per heavy atom. The molecule has 11 nitrogen and oxygen atoms in total. The summed E-state index contributed by atoms with van der Waals surface area (Å²) in [6.07, 6.45) is 0.722. The molecule has 4 rings (SSSR count). The summed E-state index contributed by atoms with van der Waals surface area (Å²) >= 11 is 0. The van der Waals surface area contributed by atoms with Crippen LogP contribution in [0.3, 0.4) is 0 Å². The molecule has 0 fully saturated rings. The summed E-state index contributed by atoms with van der Waals surface area (Å²) in [4.78, 5) is 33.2. The van der Waals surface area contributed by atoms with Gasteiger partial charge >= 0.3 is 0 Å².